The third-order valence-corrected chi connectivity index (χ3v) is 4.72. The molecule has 0 spiro atoms. The molecule has 29 heavy (non-hydrogen) atoms. The lowest BCUT2D eigenvalue weighted by molar-refractivity contribution is -0.137. The zero-order valence-electron chi connectivity index (χ0n) is 15.9. The Labute approximate surface area is 166 Å². The molecule has 0 aliphatic carbocycles. The van der Waals surface area contributed by atoms with Crippen molar-refractivity contribution in [3.05, 3.63) is 53.7 Å². The SMILES string of the molecule is CCC(=O)N1CCN(c2ccc(NC(=O)c3cccc(C(F)(F)F)c3)cn2)CC1. The van der Waals surface area contributed by atoms with Crippen LogP contribution in [0.5, 0.6) is 0 Å². The van der Waals surface area contributed by atoms with E-state index < -0.39 is 17.6 Å². The summed E-state index contributed by atoms with van der Waals surface area (Å²) < 4.78 is 38.4. The van der Waals surface area contributed by atoms with Gasteiger partial charge in [-0.05, 0) is 30.3 Å². The number of amides is 2. The first-order valence-corrected chi connectivity index (χ1v) is 9.25. The average Bonchev–Trinajstić information content (AvgIpc) is 2.73. The molecule has 0 saturated carbocycles. The standard InChI is InChI=1S/C20H21F3N4O2/c1-2-18(28)27-10-8-26(9-11-27)17-7-6-16(13-24-17)25-19(29)14-4-3-5-15(12-14)20(21,22)23/h3-7,12-13H,2,8-11H2,1H3,(H,25,29). The number of halogens is 3. The van der Waals surface area contributed by atoms with E-state index >= 15 is 0 Å². The molecule has 2 aromatic rings. The second kappa shape index (κ2) is 8.50. The first-order valence-electron chi connectivity index (χ1n) is 9.25. The summed E-state index contributed by atoms with van der Waals surface area (Å²) in [5.74, 6) is 0.202. The summed E-state index contributed by atoms with van der Waals surface area (Å²) in [4.78, 5) is 32.2. The summed E-state index contributed by atoms with van der Waals surface area (Å²) in [5, 5.41) is 2.56. The molecule has 1 aromatic heterocycles. The normalized spacial score (nSPS) is 14.6. The van der Waals surface area contributed by atoms with Gasteiger partial charge in [0.1, 0.15) is 5.82 Å². The maximum atomic E-state index is 12.8. The lowest BCUT2D eigenvalue weighted by Crippen LogP contribution is -2.48. The molecule has 2 heterocycles. The smallest absolute Gasteiger partial charge is 0.353 e. The molecule has 0 unspecified atom stereocenters. The van der Waals surface area contributed by atoms with Crippen molar-refractivity contribution >= 4 is 23.3 Å². The number of hydrogen-bond donors (Lipinski definition) is 1. The highest BCUT2D eigenvalue weighted by Gasteiger charge is 2.31. The summed E-state index contributed by atoms with van der Waals surface area (Å²) in [6.45, 7) is 4.41. The van der Waals surface area contributed by atoms with Crippen molar-refractivity contribution in [3.8, 4) is 0 Å². The van der Waals surface area contributed by atoms with E-state index in [9.17, 15) is 22.8 Å². The third kappa shape index (κ3) is 5.04. The van der Waals surface area contributed by atoms with Gasteiger partial charge < -0.3 is 15.1 Å². The molecular weight excluding hydrogens is 385 g/mol. The van der Waals surface area contributed by atoms with Gasteiger partial charge in [0.15, 0.2) is 0 Å². The van der Waals surface area contributed by atoms with Crippen LogP contribution in [0.3, 0.4) is 0 Å². The van der Waals surface area contributed by atoms with Crippen LogP contribution in [-0.2, 0) is 11.0 Å². The molecule has 3 rings (SSSR count). The number of pyridine rings is 1. The fraction of sp³-hybridized carbons (Fsp3) is 0.350. The van der Waals surface area contributed by atoms with E-state index in [4.69, 9.17) is 0 Å². The van der Waals surface area contributed by atoms with E-state index in [2.05, 4.69) is 10.3 Å². The van der Waals surface area contributed by atoms with Crippen LogP contribution < -0.4 is 10.2 Å². The monoisotopic (exact) mass is 406 g/mol. The largest absolute Gasteiger partial charge is 0.416 e. The van der Waals surface area contributed by atoms with Crippen molar-refractivity contribution in [3.63, 3.8) is 0 Å². The molecule has 1 aliphatic heterocycles. The lowest BCUT2D eigenvalue weighted by Gasteiger charge is -2.35. The fourth-order valence-electron chi connectivity index (χ4n) is 3.10. The van der Waals surface area contributed by atoms with Crippen molar-refractivity contribution in [2.75, 3.05) is 36.4 Å². The maximum absolute atomic E-state index is 12.8. The number of aromatic nitrogens is 1. The van der Waals surface area contributed by atoms with Gasteiger partial charge >= 0.3 is 6.18 Å². The minimum atomic E-state index is -4.51. The van der Waals surface area contributed by atoms with E-state index in [1.807, 2.05) is 16.7 Å². The van der Waals surface area contributed by atoms with Crippen molar-refractivity contribution in [2.45, 2.75) is 19.5 Å². The molecule has 9 heteroatoms. The lowest BCUT2D eigenvalue weighted by atomic mass is 10.1. The number of nitrogens with zero attached hydrogens (tertiary/aromatic N) is 3. The number of piperazine rings is 1. The second-order valence-electron chi connectivity index (χ2n) is 6.66. The van der Waals surface area contributed by atoms with Gasteiger partial charge in [-0.2, -0.15) is 13.2 Å². The molecule has 1 aliphatic rings. The predicted molar refractivity (Wildman–Crippen MR) is 103 cm³/mol. The summed E-state index contributed by atoms with van der Waals surface area (Å²) in [6.07, 6.45) is -2.56. The number of anilines is 2. The van der Waals surface area contributed by atoms with Gasteiger partial charge in [-0.25, -0.2) is 4.98 Å². The van der Waals surface area contributed by atoms with Gasteiger partial charge in [0.05, 0.1) is 17.4 Å². The Morgan fingerprint density at radius 1 is 1.10 bits per heavy atom. The first-order chi connectivity index (χ1) is 13.8. The molecule has 0 radical (unpaired) electrons. The number of nitrogens with one attached hydrogen (secondary N) is 1. The highest BCUT2D eigenvalue weighted by molar-refractivity contribution is 6.04. The van der Waals surface area contributed by atoms with Gasteiger partial charge in [-0.1, -0.05) is 13.0 Å². The number of alkyl halides is 3. The minimum absolute atomic E-state index is 0.0828. The Kier molecular flexibility index (Phi) is 6.05. The van der Waals surface area contributed by atoms with Gasteiger partial charge in [0.2, 0.25) is 5.91 Å². The summed E-state index contributed by atoms with van der Waals surface area (Å²) in [5.41, 5.74) is -0.573. The zero-order chi connectivity index (χ0) is 21.0. The van der Waals surface area contributed by atoms with Crippen LogP contribution >= 0.6 is 0 Å². The Hall–Kier alpha value is -3.10. The summed E-state index contributed by atoms with van der Waals surface area (Å²) in [6, 6.07) is 7.64. The second-order valence-corrected chi connectivity index (χ2v) is 6.66. The Bertz CT molecular complexity index is 876. The Morgan fingerprint density at radius 3 is 2.41 bits per heavy atom. The molecule has 1 N–H and O–H groups in total. The number of rotatable bonds is 4. The molecule has 0 bridgehead atoms. The van der Waals surface area contributed by atoms with Gasteiger partial charge in [0.25, 0.3) is 5.91 Å². The van der Waals surface area contributed by atoms with E-state index in [1.165, 1.54) is 18.3 Å². The van der Waals surface area contributed by atoms with E-state index in [-0.39, 0.29) is 11.5 Å². The minimum Gasteiger partial charge on any atom is -0.353 e. The maximum Gasteiger partial charge on any atom is 0.416 e. The fourth-order valence-corrected chi connectivity index (χ4v) is 3.10. The Morgan fingerprint density at radius 2 is 1.83 bits per heavy atom. The van der Waals surface area contributed by atoms with Crippen LogP contribution in [0.25, 0.3) is 0 Å². The molecule has 2 amide bonds. The summed E-state index contributed by atoms with van der Waals surface area (Å²) >= 11 is 0. The van der Waals surface area contributed by atoms with Crippen LogP contribution in [0.2, 0.25) is 0 Å². The van der Waals surface area contributed by atoms with Crippen molar-refractivity contribution in [2.24, 2.45) is 0 Å². The molecule has 6 nitrogen and oxygen atoms in total. The number of carbonyl (C=O) groups is 2. The van der Waals surface area contributed by atoms with Crippen LogP contribution in [-0.4, -0.2) is 47.9 Å². The highest BCUT2D eigenvalue weighted by Crippen LogP contribution is 2.29. The quantitative estimate of drug-likeness (QED) is 0.845. The topological polar surface area (TPSA) is 65.5 Å². The number of hydrogen-bond acceptors (Lipinski definition) is 4. The van der Waals surface area contributed by atoms with E-state index in [0.717, 1.165) is 12.1 Å². The van der Waals surface area contributed by atoms with E-state index in [0.29, 0.717) is 44.1 Å². The first kappa shape index (κ1) is 20.6. The van der Waals surface area contributed by atoms with Gasteiger partial charge in [0, 0.05) is 38.2 Å². The molecule has 0 atom stereocenters. The summed E-state index contributed by atoms with van der Waals surface area (Å²) in [7, 11) is 0. The molecule has 1 saturated heterocycles. The van der Waals surface area contributed by atoms with Crippen LogP contribution in [0.1, 0.15) is 29.3 Å². The van der Waals surface area contributed by atoms with Gasteiger partial charge in [-0.15, -0.1) is 0 Å². The van der Waals surface area contributed by atoms with Crippen LogP contribution in [0.4, 0.5) is 24.7 Å². The molecular formula is C20H21F3N4O2. The zero-order valence-corrected chi connectivity index (χ0v) is 15.9. The Balaban J connectivity index is 1.61. The van der Waals surface area contributed by atoms with Crippen molar-refractivity contribution in [1.29, 1.82) is 0 Å². The molecule has 1 fully saturated rings. The average molecular weight is 406 g/mol. The molecule has 1 aromatic carbocycles. The number of carbonyl (C=O) groups excluding carboxylic acids is 2. The van der Waals surface area contributed by atoms with Crippen molar-refractivity contribution < 1.29 is 22.8 Å². The van der Waals surface area contributed by atoms with Crippen LogP contribution in [0.15, 0.2) is 42.6 Å². The number of benzene rings is 1. The predicted octanol–water partition coefficient (Wildman–Crippen LogP) is 3.41. The van der Waals surface area contributed by atoms with Gasteiger partial charge in [-0.3, -0.25) is 9.59 Å². The van der Waals surface area contributed by atoms with Crippen molar-refractivity contribution in [1.82, 2.24) is 9.88 Å². The molecule has 154 valence electrons. The highest BCUT2D eigenvalue weighted by atomic mass is 19.4. The third-order valence-electron chi connectivity index (χ3n) is 4.72. The van der Waals surface area contributed by atoms with Crippen LogP contribution in [0, 0.1) is 0 Å². The van der Waals surface area contributed by atoms with E-state index in [1.54, 1.807) is 12.1 Å².